The Bertz CT molecular complexity index is 1490. The smallest absolute Gasteiger partial charge is 0.260 e. The molecule has 8 nitrogen and oxygen atoms in total. The molecule has 0 fully saturated rings. The predicted molar refractivity (Wildman–Crippen MR) is 133 cm³/mol. The number of hydrogen-bond donors (Lipinski definition) is 2. The van der Waals surface area contributed by atoms with Gasteiger partial charge >= 0.3 is 0 Å². The fourth-order valence-electron chi connectivity index (χ4n) is 4.40. The minimum Gasteiger partial charge on any atom is -0.467 e. The van der Waals surface area contributed by atoms with Crippen LogP contribution in [0.15, 0.2) is 32.8 Å². The lowest BCUT2D eigenvalue weighted by Gasteiger charge is -2.12. The van der Waals surface area contributed by atoms with Crippen LogP contribution in [0.1, 0.15) is 45.9 Å². The fraction of sp³-hybridized carbons (Fsp3) is 0.333. The van der Waals surface area contributed by atoms with Crippen LogP contribution in [0.3, 0.4) is 0 Å². The van der Waals surface area contributed by atoms with Gasteiger partial charge in [-0.25, -0.2) is 4.98 Å². The standard InChI is InChI=1S/C24H23N5O3S2/c1-13-14(2)29(11-15-6-5-9-32-15)21(17(13)10-25)26-19(30)12-33-24-27-22(31)20-16-7-3-4-8-18(16)34-23(20)28-24/h5-6,9H,3-4,7-8,11-12H2,1-2H3,(H,26,30)(H,27,28,31). The number of furan rings is 1. The monoisotopic (exact) mass is 493 g/mol. The van der Waals surface area contributed by atoms with Crippen molar-refractivity contribution in [2.75, 3.05) is 11.1 Å². The molecule has 4 aromatic rings. The molecule has 1 aliphatic carbocycles. The van der Waals surface area contributed by atoms with Gasteiger partial charge in [-0.3, -0.25) is 9.59 Å². The molecular weight excluding hydrogens is 470 g/mol. The molecule has 0 aromatic carbocycles. The van der Waals surface area contributed by atoms with E-state index in [9.17, 15) is 14.9 Å². The number of nitrogens with zero attached hydrogens (tertiary/aromatic N) is 3. The molecule has 1 aliphatic rings. The van der Waals surface area contributed by atoms with Gasteiger partial charge < -0.3 is 19.3 Å². The Labute approximate surface area is 204 Å². The molecule has 4 heterocycles. The maximum absolute atomic E-state index is 12.8. The van der Waals surface area contributed by atoms with E-state index in [0.29, 0.717) is 28.5 Å². The van der Waals surface area contributed by atoms with E-state index in [-0.39, 0.29) is 17.2 Å². The normalized spacial score (nSPS) is 13.1. The Balaban J connectivity index is 1.35. The van der Waals surface area contributed by atoms with Crippen molar-refractivity contribution in [2.24, 2.45) is 0 Å². The highest BCUT2D eigenvalue weighted by Crippen LogP contribution is 2.34. The molecule has 1 amide bonds. The van der Waals surface area contributed by atoms with Gasteiger partial charge in [0, 0.05) is 10.6 Å². The molecule has 0 saturated heterocycles. The zero-order valence-corrected chi connectivity index (χ0v) is 20.5. The van der Waals surface area contributed by atoms with Gasteiger partial charge in [0.1, 0.15) is 22.5 Å². The molecule has 0 bridgehead atoms. The highest BCUT2D eigenvalue weighted by molar-refractivity contribution is 7.99. The van der Waals surface area contributed by atoms with Crippen molar-refractivity contribution < 1.29 is 9.21 Å². The molecule has 174 valence electrons. The van der Waals surface area contributed by atoms with Gasteiger partial charge in [0.15, 0.2) is 5.16 Å². The molecule has 4 aromatic heterocycles. The number of thiophene rings is 1. The Kier molecular flexibility index (Phi) is 6.06. The molecule has 0 aliphatic heterocycles. The number of thioether (sulfide) groups is 1. The average molecular weight is 494 g/mol. The highest BCUT2D eigenvalue weighted by Gasteiger charge is 2.22. The van der Waals surface area contributed by atoms with Crippen molar-refractivity contribution in [1.29, 1.82) is 5.26 Å². The van der Waals surface area contributed by atoms with Gasteiger partial charge in [0.05, 0.1) is 29.5 Å². The first-order valence-corrected chi connectivity index (χ1v) is 12.9. The molecule has 2 N–H and O–H groups in total. The third-order valence-electron chi connectivity index (χ3n) is 6.24. The number of nitrogens with one attached hydrogen (secondary N) is 2. The van der Waals surface area contributed by atoms with E-state index in [1.807, 2.05) is 24.5 Å². The van der Waals surface area contributed by atoms with Crippen LogP contribution in [0.25, 0.3) is 10.2 Å². The van der Waals surface area contributed by atoms with E-state index in [1.54, 1.807) is 23.7 Å². The Hall–Kier alpha value is -3.29. The summed E-state index contributed by atoms with van der Waals surface area (Å²) in [5.41, 5.74) is 3.13. The number of aromatic nitrogens is 3. The molecule has 0 saturated carbocycles. The number of fused-ring (bicyclic) bond motifs is 3. The second-order valence-electron chi connectivity index (χ2n) is 8.31. The average Bonchev–Trinajstić information content (AvgIpc) is 3.52. The number of nitriles is 1. The van der Waals surface area contributed by atoms with Crippen molar-refractivity contribution in [2.45, 2.75) is 51.2 Å². The summed E-state index contributed by atoms with van der Waals surface area (Å²) >= 11 is 2.76. The quantitative estimate of drug-likeness (QED) is 0.301. The zero-order valence-electron chi connectivity index (χ0n) is 18.9. The summed E-state index contributed by atoms with van der Waals surface area (Å²) in [5, 5.41) is 13.7. The maximum atomic E-state index is 12.8. The summed E-state index contributed by atoms with van der Waals surface area (Å²) in [6.07, 6.45) is 5.76. The van der Waals surface area contributed by atoms with Crippen LogP contribution in [-0.4, -0.2) is 26.2 Å². The van der Waals surface area contributed by atoms with Crippen LogP contribution in [0.4, 0.5) is 5.82 Å². The van der Waals surface area contributed by atoms with E-state index in [0.717, 1.165) is 53.1 Å². The highest BCUT2D eigenvalue weighted by atomic mass is 32.2. The SMILES string of the molecule is Cc1c(C#N)c(NC(=O)CSc2nc3sc4c(c3c(=O)[nH]2)CCCC4)n(Cc2ccco2)c1C. The van der Waals surface area contributed by atoms with Gasteiger partial charge in [-0.15, -0.1) is 11.3 Å². The second-order valence-corrected chi connectivity index (χ2v) is 10.4. The summed E-state index contributed by atoms with van der Waals surface area (Å²) in [4.78, 5) is 35.0. The summed E-state index contributed by atoms with van der Waals surface area (Å²) in [6, 6.07) is 5.86. The second kappa shape index (κ2) is 9.16. The zero-order chi connectivity index (χ0) is 23.8. The predicted octanol–water partition coefficient (Wildman–Crippen LogP) is 4.53. The number of carbonyl (C=O) groups excluding carboxylic acids is 1. The molecule has 5 rings (SSSR count). The van der Waals surface area contributed by atoms with Gasteiger partial charge in [-0.2, -0.15) is 5.26 Å². The Morgan fingerprint density at radius 1 is 1.38 bits per heavy atom. The first-order valence-electron chi connectivity index (χ1n) is 11.1. The summed E-state index contributed by atoms with van der Waals surface area (Å²) in [5.74, 6) is 0.936. The molecule has 10 heteroatoms. The number of aromatic amines is 1. The van der Waals surface area contributed by atoms with Crippen LogP contribution in [0.5, 0.6) is 0 Å². The number of anilines is 1. The first kappa shape index (κ1) is 22.5. The summed E-state index contributed by atoms with van der Waals surface area (Å²) < 4.78 is 7.33. The molecule has 0 spiro atoms. The van der Waals surface area contributed by atoms with Crippen molar-refractivity contribution in [3.63, 3.8) is 0 Å². The fourth-order valence-corrected chi connectivity index (χ4v) is 6.38. The van der Waals surface area contributed by atoms with Gasteiger partial charge in [0.2, 0.25) is 5.91 Å². The number of rotatable bonds is 6. The Morgan fingerprint density at radius 2 is 2.21 bits per heavy atom. The van der Waals surface area contributed by atoms with E-state index in [2.05, 4.69) is 21.4 Å². The molecular formula is C24H23N5O3S2. The van der Waals surface area contributed by atoms with Crippen molar-refractivity contribution in [1.82, 2.24) is 14.5 Å². The lowest BCUT2D eigenvalue weighted by Crippen LogP contribution is -2.19. The van der Waals surface area contributed by atoms with Crippen LogP contribution < -0.4 is 10.9 Å². The van der Waals surface area contributed by atoms with Crippen LogP contribution in [0, 0.1) is 25.2 Å². The summed E-state index contributed by atoms with van der Waals surface area (Å²) in [6.45, 7) is 4.17. The molecule has 0 atom stereocenters. The number of aryl methyl sites for hydroxylation is 2. The lowest BCUT2D eigenvalue weighted by molar-refractivity contribution is -0.113. The van der Waals surface area contributed by atoms with Gasteiger partial charge in [-0.05, 0) is 62.8 Å². The maximum Gasteiger partial charge on any atom is 0.260 e. The topological polar surface area (TPSA) is 117 Å². The largest absolute Gasteiger partial charge is 0.467 e. The molecule has 34 heavy (non-hydrogen) atoms. The van der Waals surface area contributed by atoms with Crippen molar-refractivity contribution >= 4 is 45.0 Å². The van der Waals surface area contributed by atoms with Crippen LogP contribution in [0.2, 0.25) is 0 Å². The van der Waals surface area contributed by atoms with E-state index >= 15 is 0 Å². The van der Waals surface area contributed by atoms with Crippen LogP contribution >= 0.6 is 23.1 Å². The Morgan fingerprint density at radius 3 is 2.97 bits per heavy atom. The number of H-pyrrole nitrogens is 1. The van der Waals surface area contributed by atoms with E-state index in [4.69, 9.17) is 4.42 Å². The minimum atomic E-state index is -0.284. The lowest BCUT2D eigenvalue weighted by atomic mass is 9.97. The number of hydrogen-bond acceptors (Lipinski definition) is 7. The van der Waals surface area contributed by atoms with E-state index in [1.165, 1.54) is 16.6 Å². The third-order valence-corrected chi connectivity index (χ3v) is 8.30. The number of amides is 1. The first-order chi connectivity index (χ1) is 16.5. The van der Waals surface area contributed by atoms with Gasteiger partial charge in [-0.1, -0.05) is 11.8 Å². The third kappa shape index (κ3) is 4.06. The van der Waals surface area contributed by atoms with Crippen molar-refractivity contribution in [3.8, 4) is 6.07 Å². The van der Waals surface area contributed by atoms with Crippen molar-refractivity contribution in [3.05, 3.63) is 61.8 Å². The summed E-state index contributed by atoms with van der Waals surface area (Å²) in [7, 11) is 0. The number of carbonyl (C=O) groups is 1. The van der Waals surface area contributed by atoms with Crippen LogP contribution in [-0.2, 0) is 24.2 Å². The van der Waals surface area contributed by atoms with E-state index < -0.39 is 0 Å². The molecule has 0 radical (unpaired) electrons. The molecule has 0 unspecified atom stereocenters. The minimum absolute atomic E-state index is 0.0500. The van der Waals surface area contributed by atoms with Gasteiger partial charge in [0.25, 0.3) is 5.56 Å².